The molecule has 3 aromatic heterocycles. The van der Waals surface area contributed by atoms with Gasteiger partial charge in [-0.3, -0.25) is 9.58 Å². The molecule has 0 unspecified atom stereocenters. The van der Waals surface area contributed by atoms with Gasteiger partial charge in [0.1, 0.15) is 11.3 Å². The van der Waals surface area contributed by atoms with Crippen LogP contribution < -0.4 is 5.32 Å². The molecular weight excluding hydrogens is 423 g/mol. The topological polar surface area (TPSA) is 89.6 Å². The van der Waals surface area contributed by atoms with Crippen LogP contribution in [-0.4, -0.2) is 65.5 Å². The van der Waals surface area contributed by atoms with Crippen LogP contribution in [0.1, 0.15) is 0 Å². The van der Waals surface area contributed by atoms with Crippen molar-refractivity contribution in [3.8, 4) is 11.3 Å². The fraction of sp³-hybridized carbons (Fsp3) is 0.350. The normalized spacial score (nSPS) is 15.2. The summed E-state index contributed by atoms with van der Waals surface area (Å²) in [6.07, 6.45) is -0.804. The molecule has 0 saturated carbocycles. The summed E-state index contributed by atoms with van der Waals surface area (Å²) in [5.41, 5.74) is 3.13. The Balaban J connectivity index is 1.29. The Morgan fingerprint density at radius 2 is 1.97 bits per heavy atom. The SMILES string of the molecule is Cn1nccc1Nc1nccc(-c2ccc3c(c2)nnn3CC2CN(CC(F)(F)F)C2)n1. The van der Waals surface area contributed by atoms with E-state index in [2.05, 4.69) is 30.7 Å². The minimum Gasteiger partial charge on any atom is -0.309 e. The molecule has 0 spiro atoms. The Labute approximate surface area is 180 Å². The summed E-state index contributed by atoms with van der Waals surface area (Å²) in [7, 11) is 1.82. The van der Waals surface area contributed by atoms with E-state index in [1.54, 1.807) is 21.8 Å². The zero-order valence-corrected chi connectivity index (χ0v) is 17.2. The smallest absolute Gasteiger partial charge is 0.309 e. The highest BCUT2D eigenvalue weighted by Crippen LogP contribution is 2.26. The van der Waals surface area contributed by atoms with Gasteiger partial charge in [-0.05, 0) is 18.2 Å². The molecule has 1 aliphatic rings. The van der Waals surface area contributed by atoms with Crippen LogP contribution in [0.25, 0.3) is 22.3 Å². The first kappa shape index (κ1) is 20.4. The van der Waals surface area contributed by atoms with E-state index in [1.807, 2.05) is 37.4 Å². The third-order valence-electron chi connectivity index (χ3n) is 5.39. The first-order chi connectivity index (χ1) is 15.3. The first-order valence-corrected chi connectivity index (χ1v) is 10.0. The second kappa shape index (κ2) is 7.86. The van der Waals surface area contributed by atoms with Crippen LogP contribution >= 0.6 is 0 Å². The van der Waals surface area contributed by atoms with Crippen molar-refractivity contribution in [3.05, 3.63) is 42.7 Å². The molecule has 1 aliphatic heterocycles. The van der Waals surface area contributed by atoms with Crippen LogP contribution in [0.3, 0.4) is 0 Å². The van der Waals surface area contributed by atoms with E-state index in [-0.39, 0.29) is 5.92 Å². The molecule has 5 rings (SSSR count). The molecular formula is C20H20F3N9. The predicted octanol–water partition coefficient (Wildman–Crippen LogP) is 2.86. The van der Waals surface area contributed by atoms with Gasteiger partial charge in [0.25, 0.3) is 0 Å². The molecule has 0 aliphatic carbocycles. The zero-order chi connectivity index (χ0) is 22.3. The number of nitrogens with zero attached hydrogens (tertiary/aromatic N) is 8. The van der Waals surface area contributed by atoms with E-state index in [4.69, 9.17) is 0 Å². The Hall–Kier alpha value is -3.54. The van der Waals surface area contributed by atoms with Crippen molar-refractivity contribution in [3.63, 3.8) is 0 Å². The van der Waals surface area contributed by atoms with Crippen molar-refractivity contribution in [2.24, 2.45) is 13.0 Å². The number of likely N-dealkylation sites (tertiary alicyclic amines) is 1. The third kappa shape index (κ3) is 4.26. The average molecular weight is 443 g/mol. The van der Waals surface area contributed by atoms with E-state index in [0.29, 0.717) is 31.1 Å². The van der Waals surface area contributed by atoms with E-state index < -0.39 is 12.7 Å². The predicted molar refractivity (Wildman–Crippen MR) is 111 cm³/mol. The molecule has 1 saturated heterocycles. The van der Waals surface area contributed by atoms with Gasteiger partial charge in [-0.25, -0.2) is 14.6 Å². The van der Waals surface area contributed by atoms with E-state index in [1.165, 1.54) is 4.90 Å². The maximum Gasteiger partial charge on any atom is 0.401 e. The molecule has 0 radical (unpaired) electrons. The molecule has 32 heavy (non-hydrogen) atoms. The highest BCUT2D eigenvalue weighted by atomic mass is 19.4. The minimum atomic E-state index is -4.16. The van der Waals surface area contributed by atoms with Crippen LogP contribution in [0, 0.1) is 5.92 Å². The molecule has 1 aromatic carbocycles. The van der Waals surface area contributed by atoms with Gasteiger partial charge in [-0.2, -0.15) is 18.3 Å². The summed E-state index contributed by atoms with van der Waals surface area (Å²) in [6, 6.07) is 9.36. The number of hydrogen-bond acceptors (Lipinski definition) is 7. The zero-order valence-electron chi connectivity index (χ0n) is 17.2. The van der Waals surface area contributed by atoms with Gasteiger partial charge in [0.05, 0.1) is 24.0 Å². The number of hydrogen-bond donors (Lipinski definition) is 1. The van der Waals surface area contributed by atoms with E-state index >= 15 is 0 Å². The monoisotopic (exact) mass is 443 g/mol. The summed E-state index contributed by atoms with van der Waals surface area (Å²) >= 11 is 0. The Bertz CT molecular complexity index is 1240. The Morgan fingerprint density at radius 3 is 2.72 bits per heavy atom. The van der Waals surface area contributed by atoms with Crippen molar-refractivity contribution in [2.75, 3.05) is 25.0 Å². The quantitative estimate of drug-likeness (QED) is 0.490. The molecule has 4 heterocycles. The lowest BCUT2D eigenvalue weighted by Gasteiger charge is -2.39. The van der Waals surface area contributed by atoms with Gasteiger partial charge in [0, 0.05) is 50.4 Å². The summed E-state index contributed by atoms with van der Waals surface area (Å²) < 4.78 is 40.8. The Morgan fingerprint density at radius 1 is 1.12 bits per heavy atom. The summed E-state index contributed by atoms with van der Waals surface area (Å²) in [6.45, 7) is 0.496. The minimum absolute atomic E-state index is 0.129. The van der Waals surface area contributed by atoms with Crippen molar-refractivity contribution in [1.82, 2.24) is 39.6 Å². The summed E-state index contributed by atoms with van der Waals surface area (Å²) in [5, 5.41) is 15.7. The molecule has 0 atom stereocenters. The first-order valence-electron chi connectivity index (χ1n) is 10.0. The lowest BCUT2D eigenvalue weighted by Crippen LogP contribution is -2.51. The summed E-state index contributed by atoms with van der Waals surface area (Å²) in [5.74, 6) is 1.35. The average Bonchev–Trinajstić information content (AvgIpc) is 3.31. The van der Waals surface area contributed by atoms with Crippen LogP contribution in [0.5, 0.6) is 0 Å². The lowest BCUT2D eigenvalue weighted by atomic mass is 10.0. The van der Waals surface area contributed by atoms with E-state index in [0.717, 1.165) is 22.6 Å². The molecule has 0 amide bonds. The highest BCUT2D eigenvalue weighted by molar-refractivity contribution is 5.80. The number of rotatable bonds is 6. The highest BCUT2D eigenvalue weighted by Gasteiger charge is 2.37. The standard InChI is InChI=1S/C20H20F3N9/c1-30-18(5-7-25-30)27-19-24-6-4-15(26-19)14-2-3-17-16(8-14)28-29-32(17)11-13-9-31(10-13)12-20(21,22)23/h2-8,13H,9-12H2,1H3,(H,24,26,27). The van der Waals surface area contributed by atoms with Crippen LogP contribution in [0.4, 0.5) is 24.9 Å². The molecule has 4 aromatic rings. The van der Waals surface area contributed by atoms with Gasteiger partial charge in [0.15, 0.2) is 0 Å². The molecule has 1 fully saturated rings. The van der Waals surface area contributed by atoms with Crippen LogP contribution in [0.2, 0.25) is 0 Å². The molecule has 166 valence electrons. The number of anilines is 2. The number of benzene rings is 1. The number of alkyl halides is 3. The van der Waals surface area contributed by atoms with Gasteiger partial charge >= 0.3 is 6.18 Å². The van der Waals surface area contributed by atoms with Crippen LogP contribution in [-0.2, 0) is 13.6 Å². The number of aryl methyl sites for hydroxylation is 1. The van der Waals surface area contributed by atoms with Crippen molar-refractivity contribution >= 4 is 22.8 Å². The van der Waals surface area contributed by atoms with Crippen molar-refractivity contribution in [1.29, 1.82) is 0 Å². The molecule has 9 nitrogen and oxygen atoms in total. The van der Waals surface area contributed by atoms with Gasteiger partial charge in [-0.15, -0.1) is 5.10 Å². The van der Waals surface area contributed by atoms with Gasteiger partial charge in [0.2, 0.25) is 5.95 Å². The number of aromatic nitrogens is 7. The van der Waals surface area contributed by atoms with E-state index in [9.17, 15) is 13.2 Å². The van der Waals surface area contributed by atoms with Gasteiger partial charge in [-0.1, -0.05) is 11.3 Å². The van der Waals surface area contributed by atoms with Crippen LogP contribution in [0.15, 0.2) is 42.7 Å². The lowest BCUT2D eigenvalue weighted by molar-refractivity contribution is -0.159. The third-order valence-corrected chi connectivity index (χ3v) is 5.39. The maximum atomic E-state index is 12.5. The largest absolute Gasteiger partial charge is 0.401 e. The second-order valence-electron chi connectivity index (χ2n) is 7.88. The number of nitrogens with one attached hydrogen (secondary N) is 1. The fourth-order valence-electron chi connectivity index (χ4n) is 3.88. The maximum absolute atomic E-state index is 12.5. The molecule has 12 heteroatoms. The number of halogens is 3. The van der Waals surface area contributed by atoms with Crippen molar-refractivity contribution in [2.45, 2.75) is 12.7 Å². The number of fused-ring (bicyclic) bond motifs is 1. The second-order valence-corrected chi connectivity index (χ2v) is 7.88. The van der Waals surface area contributed by atoms with Crippen molar-refractivity contribution < 1.29 is 13.2 Å². The molecule has 1 N–H and O–H groups in total. The van der Waals surface area contributed by atoms with Gasteiger partial charge < -0.3 is 5.32 Å². The fourth-order valence-corrected chi connectivity index (χ4v) is 3.88. The summed E-state index contributed by atoms with van der Waals surface area (Å²) in [4.78, 5) is 10.2. The Kier molecular flexibility index (Phi) is 5.00. The molecule has 0 bridgehead atoms.